The van der Waals surface area contributed by atoms with Crippen molar-refractivity contribution in [1.29, 1.82) is 0 Å². The van der Waals surface area contributed by atoms with Gasteiger partial charge in [0.05, 0.1) is 36.5 Å². The zero-order valence-corrected chi connectivity index (χ0v) is 23.2. The molecule has 40 heavy (non-hydrogen) atoms. The third-order valence-corrected chi connectivity index (χ3v) is 7.44. The van der Waals surface area contributed by atoms with E-state index in [4.69, 9.17) is 27.9 Å². The van der Waals surface area contributed by atoms with Gasteiger partial charge in [-0.3, -0.25) is 14.5 Å². The average Bonchev–Trinajstić information content (AvgIpc) is 3.41. The summed E-state index contributed by atoms with van der Waals surface area (Å²) in [5.74, 6) is -0.882. The van der Waals surface area contributed by atoms with Gasteiger partial charge in [-0.2, -0.15) is 13.2 Å². The second-order valence-electron chi connectivity index (χ2n) is 8.57. The highest BCUT2D eigenvalue weighted by Crippen LogP contribution is 2.36. The number of nitrogens with one attached hydrogen (secondary N) is 3. The minimum atomic E-state index is -4.67. The van der Waals surface area contributed by atoms with Crippen molar-refractivity contribution >= 4 is 57.9 Å². The molecule has 0 saturated carbocycles. The Morgan fingerprint density at radius 1 is 1.10 bits per heavy atom. The molecule has 2 aromatic heterocycles. The van der Waals surface area contributed by atoms with Crippen molar-refractivity contribution in [3.05, 3.63) is 61.9 Å². The molecular weight excluding hydrogens is 594 g/mol. The Morgan fingerprint density at radius 2 is 1.88 bits per heavy atom. The van der Waals surface area contributed by atoms with Crippen LogP contribution in [-0.4, -0.2) is 71.1 Å². The normalized spacial score (nSPS) is 14.1. The molecule has 0 atom stereocenters. The molecule has 1 aliphatic heterocycles. The maximum absolute atomic E-state index is 13.1. The molecule has 0 unspecified atom stereocenters. The van der Waals surface area contributed by atoms with Crippen molar-refractivity contribution < 1.29 is 27.5 Å². The SMILES string of the molecule is O=C(Nc1ccc(Cl)c(C(F)(F)F)c1)c1cnc(CNC(=O)c2ncnc(NCCCN3CCOCC3)c2Cl)s1. The number of halogens is 5. The van der Waals surface area contributed by atoms with Gasteiger partial charge in [-0.05, 0) is 31.2 Å². The van der Waals surface area contributed by atoms with Crippen molar-refractivity contribution in [1.82, 2.24) is 25.2 Å². The number of anilines is 2. The first-order valence-corrected chi connectivity index (χ1v) is 13.6. The maximum Gasteiger partial charge on any atom is 0.417 e. The molecule has 4 rings (SSSR count). The number of nitrogens with zero attached hydrogens (tertiary/aromatic N) is 4. The molecule has 0 aliphatic carbocycles. The van der Waals surface area contributed by atoms with E-state index in [2.05, 4.69) is 35.8 Å². The molecule has 1 aliphatic rings. The minimum absolute atomic E-state index is 0.0231. The highest BCUT2D eigenvalue weighted by molar-refractivity contribution is 7.13. The highest BCUT2D eigenvalue weighted by Gasteiger charge is 2.33. The number of amides is 2. The van der Waals surface area contributed by atoms with Gasteiger partial charge in [-0.15, -0.1) is 11.3 Å². The second-order valence-corrected chi connectivity index (χ2v) is 10.5. The number of hydrogen-bond acceptors (Lipinski definition) is 9. The Bertz CT molecular complexity index is 1350. The number of carbonyl (C=O) groups excluding carboxylic acids is 2. The van der Waals surface area contributed by atoms with Gasteiger partial charge in [0.2, 0.25) is 0 Å². The largest absolute Gasteiger partial charge is 0.417 e. The molecule has 3 heterocycles. The zero-order valence-electron chi connectivity index (χ0n) is 20.9. The average molecular weight is 618 g/mol. The monoisotopic (exact) mass is 617 g/mol. The number of benzene rings is 1. The summed E-state index contributed by atoms with van der Waals surface area (Å²) < 4.78 is 44.6. The van der Waals surface area contributed by atoms with Gasteiger partial charge in [0, 0.05) is 25.3 Å². The fourth-order valence-corrected chi connectivity index (χ4v) is 4.96. The second kappa shape index (κ2) is 13.5. The summed E-state index contributed by atoms with van der Waals surface area (Å²) in [5.41, 5.74) is -1.16. The first-order valence-electron chi connectivity index (χ1n) is 12.1. The standard InChI is InChI=1S/C24H24Cl2F3N7O3S/c25-16-3-2-14(10-15(16)24(27,28)29)35-22(37)17-11-31-18(40-17)12-32-23(38)20-19(26)21(34-13-33-20)30-4-1-5-36-6-8-39-9-7-36/h2-3,10-11,13H,1,4-9,12H2,(H,32,38)(H,35,37)(H,30,33,34). The van der Waals surface area contributed by atoms with Crippen molar-refractivity contribution in [2.45, 2.75) is 19.1 Å². The molecule has 2 amide bonds. The lowest BCUT2D eigenvalue weighted by atomic mass is 10.2. The molecule has 1 fully saturated rings. The summed E-state index contributed by atoms with van der Waals surface area (Å²) in [7, 11) is 0. The van der Waals surface area contributed by atoms with Gasteiger partial charge < -0.3 is 20.7 Å². The number of rotatable bonds is 10. The van der Waals surface area contributed by atoms with Gasteiger partial charge in [0.1, 0.15) is 27.1 Å². The van der Waals surface area contributed by atoms with Crippen molar-refractivity contribution in [3.63, 3.8) is 0 Å². The van der Waals surface area contributed by atoms with E-state index < -0.39 is 28.6 Å². The van der Waals surface area contributed by atoms with E-state index in [0.717, 1.165) is 62.7 Å². The number of hydrogen-bond donors (Lipinski definition) is 3. The number of thiazole rings is 1. The van der Waals surface area contributed by atoms with Gasteiger partial charge >= 0.3 is 6.18 Å². The fourth-order valence-electron chi connectivity index (χ4n) is 3.74. The molecule has 214 valence electrons. The van der Waals surface area contributed by atoms with Crippen LogP contribution in [0.3, 0.4) is 0 Å². The molecule has 10 nitrogen and oxygen atoms in total. The van der Waals surface area contributed by atoms with Crippen LogP contribution in [-0.2, 0) is 17.5 Å². The Balaban J connectivity index is 1.29. The quantitative estimate of drug-likeness (QED) is 0.283. The fraction of sp³-hybridized carbons (Fsp3) is 0.375. The van der Waals surface area contributed by atoms with E-state index in [1.54, 1.807) is 0 Å². The van der Waals surface area contributed by atoms with Crippen LogP contribution >= 0.6 is 34.5 Å². The van der Waals surface area contributed by atoms with Crippen molar-refractivity contribution in [2.75, 3.05) is 50.0 Å². The van der Waals surface area contributed by atoms with Gasteiger partial charge in [-0.1, -0.05) is 23.2 Å². The molecular formula is C24H24Cl2F3N7O3S. The van der Waals surface area contributed by atoms with E-state index in [1.165, 1.54) is 18.6 Å². The van der Waals surface area contributed by atoms with Crippen LogP contribution in [0.1, 0.15) is 37.2 Å². The summed E-state index contributed by atoms with van der Waals surface area (Å²) in [4.78, 5) is 39.9. The first kappa shape index (κ1) is 29.9. The minimum Gasteiger partial charge on any atom is -0.379 e. The van der Waals surface area contributed by atoms with Crippen LogP contribution in [0, 0.1) is 0 Å². The van der Waals surface area contributed by atoms with E-state index in [9.17, 15) is 22.8 Å². The van der Waals surface area contributed by atoms with E-state index >= 15 is 0 Å². The smallest absolute Gasteiger partial charge is 0.379 e. The number of alkyl halides is 3. The van der Waals surface area contributed by atoms with E-state index in [0.29, 0.717) is 17.4 Å². The number of carbonyl (C=O) groups is 2. The van der Waals surface area contributed by atoms with Crippen LogP contribution in [0.25, 0.3) is 0 Å². The predicted octanol–water partition coefficient (Wildman–Crippen LogP) is 4.58. The van der Waals surface area contributed by atoms with Crippen LogP contribution in [0.4, 0.5) is 24.7 Å². The Kier molecular flexibility index (Phi) is 10.1. The van der Waals surface area contributed by atoms with Crippen molar-refractivity contribution in [3.8, 4) is 0 Å². The van der Waals surface area contributed by atoms with Gasteiger partial charge in [0.25, 0.3) is 11.8 Å². The molecule has 16 heteroatoms. The molecule has 3 N–H and O–H groups in total. The van der Waals surface area contributed by atoms with Gasteiger partial charge in [-0.25, -0.2) is 15.0 Å². The third kappa shape index (κ3) is 8.01. The summed E-state index contributed by atoms with van der Waals surface area (Å²) in [6.07, 6.45) is -1.32. The first-order chi connectivity index (χ1) is 19.1. The summed E-state index contributed by atoms with van der Waals surface area (Å²) in [5, 5.41) is 8.15. The van der Waals surface area contributed by atoms with Crippen molar-refractivity contribution in [2.24, 2.45) is 0 Å². The van der Waals surface area contributed by atoms with Crippen LogP contribution in [0.15, 0.2) is 30.7 Å². The number of ether oxygens (including phenoxy) is 1. The molecule has 3 aromatic rings. The Hall–Kier alpha value is -3.04. The van der Waals surface area contributed by atoms with E-state index in [-0.39, 0.29) is 27.8 Å². The van der Waals surface area contributed by atoms with Crippen LogP contribution < -0.4 is 16.0 Å². The lowest BCUT2D eigenvalue weighted by Gasteiger charge is -2.26. The maximum atomic E-state index is 13.1. The molecule has 0 radical (unpaired) electrons. The third-order valence-electron chi connectivity index (χ3n) is 5.76. The lowest BCUT2D eigenvalue weighted by Crippen LogP contribution is -2.37. The van der Waals surface area contributed by atoms with Gasteiger partial charge in [0.15, 0.2) is 5.69 Å². The Morgan fingerprint density at radius 3 is 2.62 bits per heavy atom. The summed E-state index contributed by atoms with van der Waals surface area (Å²) in [6.45, 7) is 4.73. The lowest BCUT2D eigenvalue weighted by molar-refractivity contribution is -0.137. The number of aromatic nitrogens is 3. The zero-order chi connectivity index (χ0) is 28.7. The predicted molar refractivity (Wildman–Crippen MR) is 145 cm³/mol. The van der Waals surface area contributed by atoms with E-state index in [1.807, 2.05) is 0 Å². The number of morpholine rings is 1. The highest BCUT2D eigenvalue weighted by atomic mass is 35.5. The molecule has 1 aromatic carbocycles. The molecule has 0 spiro atoms. The summed E-state index contributed by atoms with van der Waals surface area (Å²) in [6, 6.07) is 3.07. The summed E-state index contributed by atoms with van der Waals surface area (Å²) >= 11 is 12.9. The topological polar surface area (TPSA) is 121 Å². The molecule has 0 bridgehead atoms. The molecule has 1 saturated heterocycles. The van der Waals surface area contributed by atoms with Crippen LogP contribution in [0.5, 0.6) is 0 Å². The van der Waals surface area contributed by atoms with Crippen LogP contribution in [0.2, 0.25) is 10.0 Å². The Labute approximate surface area is 241 Å².